The number of hydrogen-bond donors (Lipinski definition) is 2. The highest BCUT2D eigenvalue weighted by atomic mass is 19.1. The van der Waals surface area contributed by atoms with E-state index in [2.05, 4.69) is 10.3 Å². The van der Waals surface area contributed by atoms with Crippen molar-refractivity contribution in [1.82, 2.24) is 14.9 Å². The monoisotopic (exact) mass is 221 g/mol. The topological polar surface area (TPSA) is 49.8 Å². The number of aromatic nitrogens is 2. The van der Waals surface area contributed by atoms with Crippen molar-refractivity contribution in [3.63, 3.8) is 0 Å². The Hall–Kier alpha value is -1.62. The molecule has 2 N–H and O–H groups in total. The summed E-state index contributed by atoms with van der Waals surface area (Å²) in [6.07, 6.45) is 0.935. The van der Waals surface area contributed by atoms with Crippen LogP contribution in [0.1, 0.15) is 12.5 Å². The summed E-state index contributed by atoms with van der Waals surface area (Å²) >= 11 is 0. The molecule has 0 radical (unpaired) electrons. The van der Waals surface area contributed by atoms with Gasteiger partial charge in [0.15, 0.2) is 0 Å². The van der Waals surface area contributed by atoms with Crippen LogP contribution in [0, 0.1) is 5.82 Å². The molecule has 2 heterocycles. The Labute approximate surface area is 91.1 Å². The molecule has 1 atom stereocenters. The van der Waals surface area contributed by atoms with Crippen LogP contribution >= 0.6 is 0 Å². The first kappa shape index (κ1) is 9.59. The molecule has 16 heavy (non-hydrogen) atoms. The molecule has 0 aliphatic carbocycles. The van der Waals surface area contributed by atoms with E-state index in [1.807, 2.05) is 0 Å². The number of nitrogens with zero attached hydrogens (tertiary/aromatic N) is 1. The number of aromatic amines is 1. The number of nitrogens with one attached hydrogen (secondary N) is 2. The fourth-order valence-corrected chi connectivity index (χ4v) is 2.33. The number of fused-ring (bicyclic) bond motifs is 1. The van der Waals surface area contributed by atoms with Crippen molar-refractivity contribution in [1.29, 1.82) is 0 Å². The highest BCUT2D eigenvalue weighted by Crippen LogP contribution is 2.19. The second-order valence-corrected chi connectivity index (χ2v) is 4.11. The molecule has 1 saturated heterocycles. The van der Waals surface area contributed by atoms with Crippen molar-refractivity contribution in [2.24, 2.45) is 0 Å². The lowest BCUT2D eigenvalue weighted by atomic mass is 10.2. The third kappa shape index (κ3) is 1.36. The summed E-state index contributed by atoms with van der Waals surface area (Å²) in [5, 5.41) is 3.22. The van der Waals surface area contributed by atoms with Crippen molar-refractivity contribution in [2.45, 2.75) is 12.5 Å². The van der Waals surface area contributed by atoms with E-state index in [1.54, 1.807) is 10.6 Å². The van der Waals surface area contributed by atoms with E-state index in [9.17, 15) is 9.18 Å². The maximum absolute atomic E-state index is 13.0. The van der Waals surface area contributed by atoms with Crippen LogP contribution in [0.15, 0.2) is 23.0 Å². The van der Waals surface area contributed by atoms with Gasteiger partial charge in [-0.25, -0.2) is 9.18 Å². The summed E-state index contributed by atoms with van der Waals surface area (Å²) in [4.78, 5) is 14.5. The Morgan fingerprint density at radius 2 is 2.31 bits per heavy atom. The fraction of sp³-hybridized carbons (Fsp3) is 0.364. The Morgan fingerprint density at radius 1 is 1.44 bits per heavy atom. The minimum Gasteiger partial charge on any atom is -0.315 e. The van der Waals surface area contributed by atoms with Crippen LogP contribution in [0.3, 0.4) is 0 Å². The van der Waals surface area contributed by atoms with Gasteiger partial charge in [-0.3, -0.25) is 4.57 Å². The zero-order chi connectivity index (χ0) is 11.1. The maximum atomic E-state index is 13.0. The van der Waals surface area contributed by atoms with Crippen molar-refractivity contribution in [3.8, 4) is 0 Å². The summed E-state index contributed by atoms with van der Waals surface area (Å²) in [6.45, 7) is 1.72. The smallest absolute Gasteiger partial charge is 0.315 e. The number of benzene rings is 1. The quantitative estimate of drug-likeness (QED) is 0.754. The lowest BCUT2D eigenvalue weighted by Gasteiger charge is -2.09. The molecular formula is C11H12FN3O. The van der Waals surface area contributed by atoms with Gasteiger partial charge in [0.2, 0.25) is 0 Å². The average Bonchev–Trinajstić information content (AvgIpc) is 2.83. The van der Waals surface area contributed by atoms with Crippen LogP contribution in [0.4, 0.5) is 4.39 Å². The molecule has 2 aromatic rings. The van der Waals surface area contributed by atoms with E-state index in [1.165, 1.54) is 12.1 Å². The average molecular weight is 221 g/mol. The molecule has 0 amide bonds. The number of hydrogen-bond acceptors (Lipinski definition) is 2. The van der Waals surface area contributed by atoms with Crippen LogP contribution in [-0.2, 0) is 0 Å². The number of H-pyrrole nitrogens is 1. The lowest BCUT2D eigenvalue weighted by molar-refractivity contribution is 0.545. The van der Waals surface area contributed by atoms with E-state index >= 15 is 0 Å². The SMILES string of the molecule is O=c1[nH]c2cc(F)ccc2n1[C@H]1CCNC1. The van der Waals surface area contributed by atoms with E-state index in [0.717, 1.165) is 25.0 Å². The maximum Gasteiger partial charge on any atom is 0.326 e. The molecule has 0 spiro atoms. The molecule has 1 aromatic carbocycles. The van der Waals surface area contributed by atoms with Gasteiger partial charge in [-0.2, -0.15) is 0 Å². The molecular weight excluding hydrogens is 209 g/mol. The van der Waals surface area contributed by atoms with E-state index < -0.39 is 0 Å². The highest BCUT2D eigenvalue weighted by Gasteiger charge is 2.20. The Kier molecular flexibility index (Phi) is 2.07. The number of halogens is 1. The van der Waals surface area contributed by atoms with Gasteiger partial charge < -0.3 is 10.3 Å². The second-order valence-electron chi connectivity index (χ2n) is 4.11. The molecule has 0 bridgehead atoms. The minimum atomic E-state index is -0.328. The van der Waals surface area contributed by atoms with Gasteiger partial charge in [-0.15, -0.1) is 0 Å². The molecule has 1 fully saturated rings. The summed E-state index contributed by atoms with van der Waals surface area (Å²) < 4.78 is 14.7. The Bertz CT molecular complexity index is 580. The molecule has 1 aromatic heterocycles. The molecule has 1 aliphatic rings. The minimum absolute atomic E-state index is 0.158. The first-order valence-corrected chi connectivity index (χ1v) is 5.36. The predicted octanol–water partition coefficient (Wildman–Crippen LogP) is 1.00. The molecule has 0 saturated carbocycles. The third-order valence-electron chi connectivity index (χ3n) is 3.08. The summed E-state index contributed by atoms with van der Waals surface area (Å²) in [5.74, 6) is -0.328. The molecule has 84 valence electrons. The van der Waals surface area contributed by atoms with Crippen molar-refractivity contribution >= 4 is 11.0 Å². The molecule has 3 rings (SSSR count). The van der Waals surface area contributed by atoms with Gasteiger partial charge in [0, 0.05) is 6.54 Å². The fourth-order valence-electron chi connectivity index (χ4n) is 2.33. The van der Waals surface area contributed by atoms with Gasteiger partial charge in [-0.05, 0) is 31.2 Å². The summed E-state index contributed by atoms with van der Waals surface area (Å²) in [7, 11) is 0. The largest absolute Gasteiger partial charge is 0.326 e. The molecule has 5 heteroatoms. The summed E-state index contributed by atoms with van der Waals surface area (Å²) in [6, 6.07) is 4.57. The first-order valence-electron chi connectivity index (χ1n) is 5.36. The van der Waals surface area contributed by atoms with Crippen LogP contribution in [0.25, 0.3) is 11.0 Å². The van der Waals surface area contributed by atoms with Gasteiger partial charge >= 0.3 is 5.69 Å². The zero-order valence-electron chi connectivity index (χ0n) is 8.66. The van der Waals surface area contributed by atoms with Crippen molar-refractivity contribution < 1.29 is 4.39 Å². The molecule has 1 aliphatic heterocycles. The second kappa shape index (κ2) is 3.45. The van der Waals surface area contributed by atoms with Crippen LogP contribution in [0.2, 0.25) is 0 Å². The number of imidazole rings is 1. The van der Waals surface area contributed by atoms with Crippen LogP contribution < -0.4 is 11.0 Å². The molecule has 0 unspecified atom stereocenters. The number of rotatable bonds is 1. The van der Waals surface area contributed by atoms with Gasteiger partial charge in [0.25, 0.3) is 0 Å². The predicted molar refractivity (Wildman–Crippen MR) is 59.0 cm³/mol. The zero-order valence-corrected chi connectivity index (χ0v) is 8.66. The van der Waals surface area contributed by atoms with E-state index in [0.29, 0.717) is 5.52 Å². The van der Waals surface area contributed by atoms with Crippen LogP contribution in [-0.4, -0.2) is 22.6 Å². The summed E-state index contributed by atoms with van der Waals surface area (Å²) in [5.41, 5.74) is 1.19. The Balaban J connectivity index is 2.23. The van der Waals surface area contributed by atoms with Gasteiger partial charge in [0.1, 0.15) is 5.82 Å². The van der Waals surface area contributed by atoms with Crippen LogP contribution in [0.5, 0.6) is 0 Å². The Morgan fingerprint density at radius 3 is 3.06 bits per heavy atom. The van der Waals surface area contributed by atoms with E-state index in [-0.39, 0.29) is 17.5 Å². The normalized spacial score (nSPS) is 20.7. The van der Waals surface area contributed by atoms with Crippen molar-refractivity contribution in [3.05, 3.63) is 34.5 Å². The van der Waals surface area contributed by atoms with Gasteiger partial charge in [0.05, 0.1) is 17.1 Å². The third-order valence-corrected chi connectivity index (χ3v) is 3.08. The lowest BCUT2D eigenvalue weighted by Crippen LogP contribution is -2.23. The van der Waals surface area contributed by atoms with Gasteiger partial charge in [-0.1, -0.05) is 0 Å². The van der Waals surface area contributed by atoms with Crippen molar-refractivity contribution in [2.75, 3.05) is 13.1 Å². The first-order chi connectivity index (χ1) is 7.75. The molecule has 4 nitrogen and oxygen atoms in total. The highest BCUT2D eigenvalue weighted by molar-refractivity contribution is 5.75. The standard InChI is InChI=1S/C11H12FN3O/c12-7-1-2-10-9(5-7)14-11(16)15(10)8-3-4-13-6-8/h1-2,5,8,13H,3-4,6H2,(H,14,16)/t8-/m0/s1. The van der Waals surface area contributed by atoms with E-state index in [4.69, 9.17) is 0 Å².